The van der Waals surface area contributed by atoms with E-state index in [1.165, 1.54) is 13.0 Å². The number of rotatable bonds is 6. The summed E-state index contributed by atoms with van der Waals surface area (Å²) in [5, 5.41) is 0. The minimum atomic E-state index is -1.55. The lowest BCUT2D eigenvalue weighted by Crippen LogP contribution is -2.27. The summed E-state index contributed by atoms with van der Waals surface area (Å²) in [6.07, 6.45) is 5.60. The van der Waals surface area contributed by atoms with Crippen LogP contribution < -0.4 is 0 Å². The Morgan fingerprint density at radius 1 is 0.794 bits per heavy atom. The molecular weight excluding hydrogens is 450 g/mol. The number of halogens is 2. The van der Waals surface area contributed by atoms with E-state index in [1.807, 2.05) is 48.5 Å². The van der Waals surface area contributed by atoms with Crippen LogP contribution in [0.3, 0.4) is 0 Å². The second-order valence-corrected chi connectivity index (χ2v) is 9.68. The number of carbonyl (C=O) groups excluding carboxylic acids is 1. The van der Waals surface area contributed by atoms with Gasteiger partial charge in [-0.3, -0.25) is 0 Å². The Morgan fingerprint density at radius 2 is 1.32 bits per heavy atom. The highest BCUT2D eigenvalue weighted by Crippen LogP contribution is 2.32. The summed E-state index contributed by atoms with van der Waals surface area (Å²) in [5.74, 6) is -0.337. The highest BCUT2D eigenvalue weighted by Gasteiger charge is 2.32. The zero-order valence-electron chi connectivity index (χ0n) is 18.4. The van der Waals surface area contributed by atoms with Gasteiger partial charge in [-0.15, -0.1) is 6.42 Å². The van der Waals surface area contributed by atoms with E-state index in [2.05, 4.69) is 30.2 Å². The molecule has 0 radical (unpaired) electrons. The van der Waals surface area contributed by atoms with E-state index in [0.29, 0.717) is 5.56 Å². The van der Waals surface area contributed by atoms with E-state index in [9.17, 15) is 13.6 Å². The van der Waals surface area contributed by atoms with E-state index in [-0.39, 0.29) is 16.5 Å². The van der Waals surface area contributed by atoms with E-state index in [0.717, 1.165) is 26.8 Å². The molecule has 2 nitrogen and oxygen atoms in total. The fraction of sp³-hybridized carbons (Fsp3) is 0.0690. The second-order valence-electron chi connectivity index (χ2n) is 7.65. The molecule has 34 heavy (non-hydrogen) atoms. The van der Waals surface area contributed by atoms with Crippen molar-refractivity contribution in [1.82, 2.24) is 0 Å². The number of hydrogen-bond donors (Lipinski definition) is 0. The van der Waals surface area contributed by atoms with Crippen molar-refractivity contribution in [2.24, 2.45) is 0 Å². The highest BCUT2D eigenvalue weighted by molar-refractivity contribution is 7.97. The molecule has 5 heteroatoms. The van der Waals surface area contributed by atoms with Gasteiger partial charge in [0.15, 0.2) is 31.9 Å². The van der Waals surface area contributed by atoms with Crippen molar-refractivity contribution in [3.63, 3.8) is 0 Å². The van der Waals surface area contributed by atoms with Gasteiger partial charge < -0.3 is 4.74 Å². The lowest BCUT2D eigenvalue weighted by molar-refractivity contribution is 0.0128. The highest BCUT2D eigenvalue weighted by atomic mass is 32.2. The average Bonchev–Trinajstić information content (AvgIpc) is 2.87. The molecule has 4 rings (SSSR count). The summed E-state index contributed by atoms with van der Waals surface area (Å²) in [4.78, 5) is 16.2. The first-order valence-corrected chi connectivity index (χ1v) is 11.7. The van der Waals surface area contributed by atoms with Gasteiger partial charge in [0.05, 0.1) is 16.5 Å². The van der Waals surface area contributed by atoms with Crippen LogP contribution in [0.15, 0.2) is 118 Å². The molecule has 4 aromatic carbocycles. The van der Waals surface area contributed by atoms with Crippen molar-refractivity contribution in [1.29, 1.82) is 0 Å². The Labute approximate surface area is 200 Å². The topological polar surface area (TPSA) is 26.3 Å². The van der Waals surface area contributed by atoms with E-state index in [4.69, 9.17) is 11.2 Å². The Balaban J connectivity index is 1.61. The van der Waals surface area contributed by atoms with E-state index in [1.54, 1.807) is 12.1 Å². The van der Waals surface area contributed by atoms with E-state index >= 15 is 0 Å². The van der Waals surface area contributed by atoms with Gasteiger partial charge in [0, 0.05) is 5.56 Å². The molecular formula is C29H21F2O2S+. The first-order valence-electron chi connectivity index (χ1n) is 10.5. The summed E-state index contributed by atoms with van der Waals surface area (Å²) >= 11 is 0. The van der Waals surface area contributed by atoms with Crippen LogP contribution in [0.2, 0.25) is 0 Å². The molecule has 0 amide bonds. The van der Waals surface area contributed by atoms with Crippen LogP contribution in [0.5, 0.6) is 0 Å². The summed E-state index contributed by atoms with van der Waals surface area (Å²) in [7, 11) is -0.353. The molecule has 0 spiro atoms. The number of carbonyl (C=O) groups is 1. The van der Waals surface area contributed by atoms with Gasteiger partial charge in [0.25, 0.3) is 0 Å². The maximum absolute atomic E-state index is 13.7. The lowest BCUT2D eigenvalue weighted by Gasteiger charge is -2.24. The summed E-state index contributed by atoms with van der Waals surface area (Å²) in [6, 6.07) is 30.7. The zero-order valence-corrected chi connectivity index (χ0v) is 19.2. The van der Waals surface area contributed by atoms with Crippen LogP contribution in [0.1, 0.15) is 22.8 Å². The van der Waals surface area contributed by atoms with Crippen molar-refractivity contribution in [3.05, 3.63) is 126 Å². The van der Waals surface area contributed by atoms with Crippen molar-refractivity contribution in [2.45, 2.75) is 27.2 Å². The minimum absolute atomic E-state index is 0.175. The second kappa shape index (κ2) is 9.94. The maximum atomic E-state index is 13.7. The largest absolute Gasteiger partial charge is 0.438 e. The van der Waals surface area contributed by atoms with Gasteiger partial charge in [0.2, 0.25) is 0 Å². The molecule has 0 N–H and O–H groups in total. The molecule has 0 aromatic heterocycles. The first-order chi connectivity index (χ1) is 16.4. The minimum Gasteiger partial charge on any atom is -0.438 e. The monoisotopic (exact) mass is 471 g/mol. The molecule has 0 fully saturated rings. The molecule has 0 saturated heterocycles. The molecule has 0 saturated carbocycles. The average molecular weight is 472 g/mol. The van der Waals surface area contributed by atoms with Crippen LogP contribution in [0, 0.1) is 24.0 Å². The van der Waals surface area contributed by atoms with Gasteiger partial charge in [0.1, 0.15) is 0 Å². The van der Waals surface area contributed by atoms with Crippen molar-refractivity contribution >= 4 is 16.9 Å². The molecule has 0 aliphatic rings. The number of terminal acetylenes is 1. The third-order valence-corrected chi connectivity index (χ3v) is 7.56. The lowest BCUT2D eigenvalue weighted by atomic mass is 9.96. The third-order valence-electron chi connectivity index (χ3n) is 5.33. The van der Waals surface area contributed by atoms with Crippen LogP contribution in [0.4, 0.5) is 8.78 Å². The predicted octanol–water partition coefficient (Wildman–Crippen LogP) is 6.77. The Kier molecular flexibility index (Phi) is 6.81. The van der Waals surface area contributed by atoms with Gasteiger partial charge >= 0.3 is 5.97 Å². The fourth-order valence-electron chi connectivity index (χ4n) is 3.46. The third kappa shape index (κ3) is 4.88. The Morgan fingerprint density at radius 3 is 1.82 bits per heavy atom. The predicted molar refractivity (Wildman–Crippen MR) is 129 cm³/mol. The molecule has 1 unspecified atom stereocenters. The van der Waals surface area contributed by atoms with Crippen molar-refractivity contribution in [3.8, 4) is 12.3 Å². The summed E-state index contributed by atoms with van der Waals surface area (Å²) in [5.41, 5.74) is -1.08. The number of ether oxygens (including phenoxy) is 1. The number of esters is 1. The molecule has 0 aliphatic carbocycles. The quantitative estimate of drug-likeness (QED) is 0.176. The Bertz CT molecular complexity index is 1290. The SMILES string of the molecule is C#CC(C)(OC(=O)c1ccc([S+](c2ccccc2)c2ccccc2)cc1)c1ccc(F)c(F)c1. The fourth-order valence-corrected chi connectivity index (χ4v) is 5.54. The maximum Gasteiger partial charge on any atom is 0.339 e. The summed E-state index contributed by atoms with van der Waals surface area (Å²) < 4.78 is 32.6. The molecule has 0 heterocycles. The van der Waals surface area contributed by atoms with Gasteiger partial charge in [-0.2, -0.15) is 0 Å². The Hall–Kier alpha value is -3.88. The zero-order chi connectivity index (χ0) is 24.1. The van der Waals surface area contributed by atoms with Crippen molar-refractivity contribution < 1.29 is 18.3 Å². The molecule has 4 aromatic rings. The van der Waals surface area contributed by atoms with Crippen LogP contribution in [0.25, 0.3) is 0 Å². The van der Waals surface area contributed by atoms with E-state index < -0.39 is 23.2 Å². The molecule has 0 aliphatic heterocycles. The number of benzene rings is 4. The molecule has 1 atom stereocenters. The van der Waals surface area contributed by atoms with Crippen LogP contribution in [-0.4, -0.2) is 5.97 Å². The summed E-state index contributed by atoms with van der Waals surface area (Å²) in [6.45, 7) is 1.47. The van der Waals surface area contributed by atoms with Gasteiger partial charge in [-0.05, 0) is 67.6 Å². The van der Waals surface area contributed by atoms with Crippen LogP contribution in [-0.2, 0) is 21.2 Å². The number of hydrogen-bond acceptors (Lipinski definition) is 2. The van der Waals surface area contributed by atoms with Crippen LogP contribution >= 0.6 is 0 Å². The first kappa shape index (κ1) is 23.3. The normalized spacial score (nSPS) is 12.6. The van der Waals surface area contributed by atoms with Gasteiger partial charge in [-0.1, -0.05) is 48.4 Å². The molecule has 168 valence electrons. The smallest absolute Gasteiger partial charge is 0.339 e. The molecule has 0 bridgehead atoms. The standard InChI is InChI=1S/C29H21F2O2S/c1-3-29(2,22-16-19-26(30)27(31)20-22)33-28(32)21-14-17-25(18-15-21)34(23-10-6-4-7-11-23)24-12-8-5-9-13-24/h1,4-20H,2H3/q+1. The van der Waals surface area contributed by atoms with Gasteiger partial charge in [-0.25, -0.2) is 13.6 Å². The van der Waals surface area contributed by atoms with Crippen molar-refractivity contribution in [2.75, 3.05) is 0 Å².